The second-order valence-electron chi connectivity index (χ2n) is 5.05. The van der Waals surface area contributed by atoms with Crippen LogP contribution in [0.2, 0.25) is 0 Å². The second kappa shape index (κ2) is 7.04. The molecule has 0 atom stereocenters. The topological polar surface area (TPSA) is 75.3 Å². The van der Waals surface area contributed by atoms with Crippen molar-refractivity contribution in [3.8, 4) is 0 Å². The van der Waals surface area contributed by atoms with E-state index in [9.17, 15) is 13.2 Å². The van der Waals surface area contributed by atoms with Crippen molar-refractivity contribution in [2.24, 2.45) is 0 Å². The average molecular weight is 338 g/mol. The van der Waals surface area contributed by atoms with Crippen molar-refractivity contribution in [2.45, 2.75) is 24.0 Å². The fourth-order valence-electron chi connectivity index (χ4n) is 1.96. The Balaban J connectivity index is 2.00. The Morgan fingerprint density at radius 3 is 2.55 bits per heavy atom. The van der Waals surface area contributed by atoms with Crippen LogP contribution in [0.4, 0.5) is 5.69 Å². The smallest absolute Gasteiger partial charge is 0.250 e. The van der Waals surface area contributed by atoms with Crippen LogP contribution in [0, 0.1) is 0 Å². The van der Waals surface area contributed by atoms with Crippen LogP contribution >= 0.6 is 11.3 Å². The lowest BCUT2D eigenvalue weighted by molar-refractivity contribution is -0.115. The predicted molar refractivity (Wildman–Crippen MR) is 88.7 cm³/mol. The molecule has 2 N–H and O–H groups in total. The molecule has 1 aromatic carbocycles. The molecule has 0 fully saturated rings. The SMILES string of the molecule is CC(C)c1ccccc1NC(=O)CNS(=O)(=O)c1cccs1. The minimum Gasteiger partial charge on any atom is -0.325 e. The van der Waals surface area contributed by atoms with Gasteiger partial charge in [-0.1, -0.05) is 38.1 Å². The highest BCUT2D eigenvalue weighted by Crippen LogP contribution is 2.23. The Bertz CT molecular complexity index is 738. The Hall–Kier alpha value is -1.70. The van der Waals surface area contributed by atoms with Gasteiger partial charge in [0.05, 0.1) is 6.54 Å². The first-order valence-electron chi connectivity index (χ1n) is 6.82. The molecule has 0 saturated carbocycles. The average Bonchev–Trinajstić information content (AvgIpc) is 3.01. The van der Waals surface area contributed by atoms with Gasteiger partial charge in [0.1, 0.15) is 4.21 Å². The number of benzene rings is 1. The summed E-state index contributed by atoms with van der Waals surface area (Å²) < 4.78 is 26.4. The van der Waals surface area contributed by atoms with Gasteiger partial charge >= 0.3 is 0 Å². The van der Waals surface area contributed by atoms with Gasteiger partial charge in [-0.15, -0.1) is 11.3 Å². The highest BCUT2D eigenvalue weighted by Gasteiger charge is 2.17. The molecule has 2 rings (SSSR count). The summed E-state index contributed by atoms with van der Waals surface area (Å²) in [5, 5.41) is 4.42. The van der Waals surface area contributed by atoms with E-state index in [4.69, 9.17) is 0 Å². The Morgan fingerprint density at radius 1 is 1.18 bits per heavy atom. The van der Waals surface area contributed by atoms with E-state index >= 15 is 0 Å². The van der Waals surface area contributed by atoms with Gasteiger partial charge in [-0.25, -0.2) is 13.1 Å². The van der Waals surface area contributed by atoms with E-state index in [1.54, 1.807) is 17.5 Å². The van der Waals surface area contributed by atoms with Crippen LogP contribution in [-0.4, -0.2) is 20.9 Å². The summed E-state index contributed by atoms with van der Waals surface area (Å²) in [6.45, 7) is 3.77. The van der Waals surface area contributed by atoms with Crippen LogP contribution < -0.4 is 10.0 Å². The largest absolute Gasteiger partial charge is 0.325 e. The quantitative estimate of drug-likeness (QED) is 0.850. The molecule has 1 heterocycles. The lowest BCUT2D eigenvalue weighted by atomic mass is 10.0. The van der Waals surface area contributed by atoms with Gasteiger partial charge in [0, 0.05) is 5.69 Å². The number of hydrogen-bond donors (Lipinski definition) is 2. The molecule has 2 aromatic rings. The van der Waals surface area contributed by atoms with E-state index < -0.39 is 15.9 Å². The molecule has 7 heteroatoms. The van der Waals surface area contributed by atoms with Gasteiger partial charge < -0.3 is 5.32 Å². The van der Waals surface area contributed by atoms with Crippen LogP contribution in [0.15, 0.2) is 46.0 Å². The van der Waals surface area contributed by atoms with E-state index in [1.165, 1.54) is 6.07 Å². The van der Waals surface area contributed by atoms with Gasteiger partial charge in [-0.3, -0.25) is 4.79 Å². The maximum absolute atomic E-state index is 12.0. The third-order valence-corrected chi connectivity index (χ3v) is 5.84. The number of thiophene rings is 1. The molecule has 1 aromatic heterocycles. The fraction of sp³-hybridized carbons (Fsp3) is 0.267. The molecule has 0 radical (unpaired) electrons. The molecular weight excluding hydrogens is 320 g/mol. The highest BCUT2D eigenvalue weighted by atomic mass is 32.2. The van der Waals surface area contributed by atoms with Gasteiger partial charge in [-0.05, 0) is 29.0 Å². The number of nitrogens with one attached hydrogen (secondary N) is 2. The summed E-state index contributed by atoms with van der Waals surface area (Å²) in [5.74, 6) is -0.132. The van der Waals surface area contributed by atoms with Gasteiger partial charge in [0.2, 0.25) is 5.91 Å². The normalized spacial score (nSPS) is 11.6. The highest BCUT2D eigenvalue weighted by molar-refractivity contribution is 7.91. The summed E-state index contributed by atoms with van der Waals surface area (Å²) in [5.41, 5.74) is 1.72. The zero-order chi connectivity index (χ0) is 16.2. The number of rotatable bonds is 6. The van der Waals surface area contributed by atoms with Crippen molar-refractivity contribution in [3.05, 3.63) is 47.3 Å². The number of anilines is 1. The molecule has 0 aliphatic heterocycles. The predicted octanol–water partition coefficient (Wildman–Crippen LogP) is 2.79. The lowest BCUT2D eigenvalue weighted by Gasteiger charge is -2.13. The molecule has 0 spiro atoms. The summed E-state index contributed by atoms with van der Waals surface area (Å²) in [4.78, 5) is 12.0. The van der Waals surface area contributed by atoms with E-state index in [0.29, 0.717) is 5.69 Å². The Morgan fingerprint density at radius 2 is 1.91 bits per heavy atom. The Kier molecular flexibility index (Phi) is 5.33. The molecule has 0 saturated heterocycles. The summed E-state index contributed by atoms with van der Waals surface area (Å²) in [7, 11) is -3.62. The first-order chi connectivity index (χ1) is 10.4. The second-order valence-corrected chi connectivity index (χ2v) is 7.99. The minimum atomic E-state index is -3.62. The molecule has 0 aliphatic rings. The molecule has 0 unspecified atom stereocenters. The third-order valence-electron chi connectivity index (χ3n) is 3.04. The first-order valence-corrected chi connectivity index (χ1v) is 9.18. The van der Waals surface area contributed by atoms with E-state index in [2.05, 4.69) is 10.0 Å². The van der Waals surface area contributed by atoms with Crippen LogP contribution in [0.3, 0.4) is 0 Å². The van der Waals surface area contributed by atoms with E-state index in [0.717, 1.165) is 16.9 Å². The lowest BCUT2D eigenvalue weighted by Crippen LogP contribution is -2.32. The summed E-state index contributed by atoms with van der Waals surface area (Å²) in [6.07, 6.45) is 0. The van der Waals surface area contributed by atoms with Crippen molar-refractivity contribution in [1.82, 2.24) is 4.72 Å². The number of hydrogen-bond acceptors (Lipinski definition) is 4. The van der Waals surface area contributed by atoms with Crippen molar-refractivity contribution < 1.29 is 13.2 Å². The zero-order valence-electron chi connectivity index (χ0n) is 12.4. The number of sulfonamides is 1. The van der Waals surface area contributed by atoms with Crippen LogP contribution in [-0.2, 0) is 14.8 Å². The van der Waals surface area contributed by atoms with Crippen LogP contribution in [0.25, 0.3) is 0 Å². The van der Waals surface area contributed by atoms with Gasteiger partial charge in [-0.2, -0.15) is 0 Å². The Labute approximate surface area is 134 Å². The maximum Gasteiger partial charge on any atom is 0.250 e. The van der Waals surface area contributed by atoms with Crippen molar-refractivity contribution in [2.75, 3.05) is 11.9 Å². The molecule has 0 aliphatic carbocycles. The van der Waals surface area contributed by atoms with Gasteiger partial charge in [0.25, 0.3) is 10.0 Å². The van der Waals surface area contributed by atoms with Crippen molar-refractivity contribution in [1.29, 1.82) is 0 Å². The van der Waals surface area contributed by atoms with Gasteiger partial charge in [0.15, 0.2) is 0 Å². The zero-order valence-corrected chi connectivity index (χ0v) is 14.0. The number of amides is 1. The first kappa shape index (κ1) is 16.7. The van der Waals surface area contributed by atoms with Crippen molar-refractivity contribution in [3.63, 3.8) is 0 Å². The summed E-state index contributed by atoms with van der Waals surface area (Å²) in [6, 6.07) is 10.6. The van der Waals surface area contributed by atoms with Crippen molar-refractivity contribution >= 4 is 33.0 Å². The molecule has 1 amide bonds. The fourth-order valence-corrected chi connectivity index (χ4v) is 3.98. The minimum absolute atomic E-state index is 0.197. The maximum atomic E-state index is 12.0. The van der Waals surface area contributed by atoms with Crippen LogP contribution in [0.5, 0.6) is 0 Å². The summed E-state index contributed by atoms with van der Waals surface area (Å²) >= 11 is 1.11. The monoisotopic (exact) mass is 338 g/mol. The molecular formula is C15H18N2O3S2. The number of carbonyl (C=O) groups is 1. The standard InChI is InChI=1S/C15H18N2O3S2/c1-11(2)12-6-3-4-7-13(12)17-14(18)10-16-22(19,20)15-8-5-9-21-15/h3-9,11,16H,10H2,1-2H3,(H,17,18). The van der Waals surface area contributed by atoms with Crippen LogP contribution in [0.1, 0.15) is 25.3 Å². The third kappa shape index (κ3) is 4.16. The molecule has 22 heavy (non-hydrogen) atoms. The number of carbonyl (C=O) groups excluding carboxylic acids is 1. The van der Waals surface area contributed by atoms with E-state index in [1.807, 2.05) is 32.0 Å². The molecule has 0 bridgehead atoms. The van der Waals surface area contributed by atoms with E-state index in [-0.39, 0.29) is 16.7 Å². The molecule has 118 valence electrons. The molecule has 5 nitrogen and oxygen atoms in total. The number of para-hydroxylation sites is 1.